The van der Waals surface area contributed by atoms with Gasteiger partial charge in [-0.2, -0.15) is 10.4 Å². The molecule has 0 radical (unpaired) electrons. The van der Waals surface area contributed by atoms with Gasteiger partial charge in [-0.1, -0.05) is 84.9 Å². The summed E-state index contributed by atoms with van der Waals surface area (Å²) in [5.74, 6) is 0.159. The van der Waals surface area contributed by atoms with Gasteiger partial charge in [0.2, 0.25) is 5.95 Å². The van der Waals surface area contributed by atoms with Crippen molar-refractivity contribution in [1.82, 2.24) is 9.97 Å². The molecule has 3 aromatic carbocycles. The van der Waals surface area contributed by atoms with E-state index >= 15 is 0 Å². The summed E-state index contributed by atoms with van der Waals surface area (Å²) in [6.07, 6.45) is 1.67. The highest BCUT2D eigenvalue weighted by Crippen LogP contribution is 2.22. The normalized spacial score (nSPS) is 10.6. The van der Waals surface area contributed by atoms with Crippen LogP contribution in [0.25, 0.3) is 22.4 Å². The van der Waals surface area contributed by atoms with Gasteiger partial charge in [-0.25, -0.2) is 10.4 Å². The van der Waals surface area contributed by atoms with E-state index < -0.39 is 5.56 Å². The van der Waals surface area contributed by atoms with Crippen molar-refractivity contribution in [1.29, 1.82) is 5.26 Å². The topological polar surface area (TPSA) is 93.9 Å². The predicted octanol–water partition coefficient (Wildman–Crippen LogP) is 4.42. The van der Waals surface area contributed by atoms with Gasteiger partial charge in [0.05, 0.1) is 11.9 Å². The Morgan fingerprint density at radius 2 is 1.53 bits per heavy atom. The summed E-state index contributed by atoms with van der Waals surface area (Å²) in [5, 5.41) is 13.6. The highest BCUT2D eigenvalue weighted by molar-refractivity contribution is 5.90. The minimum absolute atomic E-state index is 0.0369. The van der Waals surface area contributed by atoms with E-state index in [4.69, 9.17) is 0 Å². The number of hydrogen-bond donors (Lipinski definition) is 2. The number of hydrazone groups is 1. The van der Waals surface area contributed by atoms with Crippen molar-refractivity contribution in [2.24, 2.45) is 5.10 Å². The molecule has 0 bridgehead atoms. The fourth-order valence-corrected chi connectivity index (χ4v) is 3.09. The molecule has 0 saturated heterocycles. The SMILES string of the molecule is N#Cc1c(-c2ccccc2)nc(NN=Cc2ccccc2-c2ccccc2)[nH]c1=O. The number of hydrogen-bond acceptors (Lipinski definition) is 5. The number of H-pyrrole nitrogens is 1. The second-order valence-corrected chi connectivity index (χ2v) is 6.44. The van der Waals surface area contributed by atoms with Crippen LogP contribution in [0.15, 0.2) is 94.8 Å². The van der Waals surface area contributed by atoms with Gasteiger partial charge < -0.3 is 0 Å². The third-order valence-corrected chi connectivity index (χ3v) is 4.50. The zero-order valence-corrected chi connectivity index (χ0v) is 15.9. The lowest BCUT2D eigenvalue weighted by Gasteiger charge is -2.07. The molecular formula is C24H17N5O. The molecule has 0 aliphatic carbocycles. The fourth-order valence-electron chi connectivity index (χ4n) is 3.09. The van der Waals surface area contributed by atoms with Crippen LogP contribution >= 0.6 is 0 Å². The lowest BCUT2D eigenvalue weighted by atomic mass is 10.0. The standard InChI is InChI=1S/C24H17N5O/c25-15-21-22(18-11-5-2-6-12-18)27-24(28-23(21)30)29-26-16-19-13-7-8-14-20(19)17-9-3-1-4-10-17/h1-14,16H,(H2,27,28,29,30). The lowest BCUT2D eigenvalue weighted by Crippen LogP contribution is -2.16. The van der Waals surface area contributed by atoms with Crippen LogP contribution in [-0.2, 0) is 0 Å². The van der Waals surface area contributed by atoms with Crippen molar-refractivity contribution < 1.29 is 0 Å². The van der Waals surface area contributed by atoms with E-state index in [0.29, 0.717) is 11.3 Å². The van der Waals surface area contributed by atoms with Crippen LogP contribution in [0.3, 0.4) is 0 Å². The Balaban J connectivity index is 1.64. The first-order chi connectivity index (χ1) is 14.8. The van der Waals surface area contributed by atoms with Gasteiger partial charge in [0, 0.05) is 11.1 Å². The minimum atomic E-state index is -0.520. The molecule has 0 atom stereocenters. The average Bonchev–Trinajstić information content (AvgIpc) is 2.80. The van der Waals surface area contributed by atoms with Crippen molar-refractivity contribution in [2.45, 2.75) is 0 Å². The number of nitrogens with one attached hydrogen (secondary N) is 2. The Hall–Kier alpha value is -4.50. The predicted molar refractivity (Wildman–Crippen MR) is 118 cm³/mol. The van der Waals surface area contributed by atoms with Crippen LogP contribution in [0.1, 0.15) is 11.1 Å². The van der Waals surface area contributed by atoms with Crippen molar-refractivity contribution in [3.63, 3.8) is 0 Å². The van der Waals surface area contributed by atoms with Gasteiger partial charge in [-0.3, -0.25) is 9.78 Å². The van der Waals surface area contributed by atoms with E-state index in [1.54, 1.807) is 18.3 Å². The zero-order chi connectivity index (χ0) is 20.8. The third-order valence-electron chi connectivity index (χ3n) is 4.50. The lowest BCUT2D eigenvalue weighted by molar-refractivity contribution is 1.08. The number of rotatable bonds is 5. The van der Waals surface area contributed by atoms with Gasteiger partial charge in [0.15, 0.2) is 0 Å². The molecule has 0 unspecified atom stereocenters. The summed E-state index contributed by atoms with van der Waals surface area (Å²) in [4.78, 5) is 19.3. The van der Waals surface area contributed by atoms with Crippen molar-refractivity contribution in [3.05, 3.63) is 106 Å². The molecule has 0 saturated carbocycles. The van der Waals surface area contributed by atoms with Crippen LogP contribution in [0.2, 0.25) is 0 Å². The van der Waals surface area contributed by atoms with Crippen LogP contribution in [0, 0.1) is 11.3 Å². The highest BCUT2D eigenvalue weighted by atomic mass is 16.1. The maximum absolute atomic E-state index is 12.3. The number of benzene rings is 3. The number of anilines is 1. The Kier molecular flexibility index (Phi) is 5.45. The smallest absolute Gasteiger partial charge is 0.270 e. The number of nitrogens with zero attached hydrogens (tertiary/aromatic N) is 3. The van der Waals surface area contributed by atoms with Gasteiger partial charge >= 0.3 is 0 Å². The minimum Gasteiger partial charge on any atom is -0.290 e. The Labute approximate surface area is 173 Å². The third kappa shape index (κ3) is 4.01. The van der Waals surface area contributed by atoms with Gasteiger partial charge in [0.25, 0.3) is 5.56 Å². The second-order valence-electron chi connectivity index (χ2n) is 6.44. The molecular weight excluding hydrogens is 374 g/mol. The van der Waals surface area contributed by atoms with E-state index in [1.165, 1.54) is 0 Å². The Bertz CT molecular complexity index is 1290. The maximum atomic E-state index is 12.3. The number of aromatic nitrogens is 2. The molecule has 6 nitrogen and oxygen atoms in total. The molecule has 0 fully saturated rings. The maximum Gasteiger partial charge on any atom is 0.270 e. The first-order valence-electron chi connectivity index (χ1n) is 9.29. The summed E-state index contributed by atoms with van der Waals surface area (Å²) in [6.45, 7) is 0. The van der Waals surface area contributed by atoms with E-state index in [2.05, 4.69) is 20.5 Å². The van der Waals surface area contributed by atoms with Gasteiger partial charge in [-0.15, -0.1) is 0 Å². The first kappa shape index (κ1) is 18.8. The van der Waals surface area contributed by atoms with Crippen LogP contribution in [0.4, 0.5) is 5.95 Å². The van der Waals surface area contributed by atoms with E-state index in [-0.39, 0.29) is 11.5 Å². The molecule has 30 heavy (non-hydrogen) atoms. The quantitative estimate of drug-likeness (QED) is 0.389. The summed E-state index contributed by atoms with van der Waals surface area (Å²) in [6, 6.07) is 28.9. The molecule has 0 aliphatic rings. The number of aromatic amines is 1. The van der Waals surface area contributed by atoms with Crippen LogP contribution in [-0.4, -0.2) is 16.2 Å². The Morgan fingerprint density at radius 3 is 2.23 bits per heavy atom. The monoisotopic (exact) mass is 391 g/mol. The van der Waals surface area contributed by atoms with Crippen molar-refractivity contribution in [3.8, 4) is 28.5 Å². The van der Waals surface area contributed by atoms with Crippen LogP contribution < -0.4 is 11.0 Å². The molecule has 2 N–H and O–H groups in total. The molecule has 1 heterocycles. The first-order valence-corrected chi connectivity index (χ1v) is 9.29. The van der Waals surface area contributed by atoms with Gasteiger partial charge in [0.1, 0.15) is 11.6 Å². The highest BCUT2D eigenvalue weighted by Gasteiger charge is 2.12. The van der Waals surface area contributed by atoms with E-state index in [0.717, 1.165) is 16.7 Å². The number of nitriles is 1. The molecule has 4 rings (SSSR count). The van der Waals surface area contributed by atoms with Crippen molar-refractivity contribution in [2.75, 3.05) is 5.43 Å². The fraction of sp³-hybridized carbons (Fsp3) is 0. The average molecular weight is 391 g/mol. The summed E-state index contributed by atoms with van der Waals surface area (Å²) < 4.78 is 0. The zero-order valence-electron chi connectivity index (χ0n) is 15.9. The largest absolute Gasteiger partial charge is 0.290 e. The van der Waals surface area contributed by atoms with Crippen molar-refractivity contribution >= 4 is 12.2 Å². The molecule has 6 heteroatoms. The molecule has 0 spiro atoms. The molecule has 4 aromatic rings. The molecule has 144 valence electrons. The van der Waals surface area contributed by atoms with E-state index in [1.807, 2.05) is 78.9 Å². The molecule has 0 amide bonds. The van der Waals surface area contributed by atoms with Gasteiger partial charge in [-0.05, 0) is 11.1 Å². The summed E-state index contributed by atoms with van der Waals surface area (Å²) >= 11 is 0. The molecule has 0 aliphatic heterocycles. The summed E-state index contributed by atoms with van der Waals surface area (Å²) in [7, 11) is 0. The van der Waals surface area contributed by atoms with E-state index in [9.17, 15) is 10.1 Å². The van der Waals surface area contributed by atoms with Crippen LogP contribution in [0.5, 0.6) is 0 Å². The summed E-state index contributed by atoms with van der Waals surface area (Å²) in [5.41, 5.74) is 6.23. The molecule has 1 aromatic heterocycles. The second kappa shape index (κ2) is 8.67. The Morgan fingerprint density at radius 1 is 0.900 bits per heavy atom.